The fourth-order valence-corrected chi connectivity index (χ4v) is 10.6. The molecule has 0 aromatic heterocycles. The van der Waals surface area contributed by atoms with Crippen LogP contribution >= 0.6 is 0 Å². The summed E-state index contributed by atoms with van der Waals surface area (Å²) in [5.41, 5.74) is 12.3. The van der Waals surface area contributed by atoms with Crippen molar-refractivity contribution in [3.8, 4) is 34.5 Å². The molecule has 2 aliphatic heterocycles. The Morgan fingerprint density at radius 2 is 0.886 bits per heavy atom. The Morgan fingerprint density at radius 3 is 1.29 bits per heavy atom. The van der Waals surface area contributed by atoms with Crippen molar-refractivity contribution in [2.45, 2.75) is 63.6 Å². The van der Waals surface area contributed by atoms with E-state index < -0.39 is 6.16 Å². The van der Waals surface area contributed by atoms with Crippen LogP contribution in [0, 0.1) is 0 Å². The number of likely N-dealkylation sites (tertiary alicyclic amines) is 2. The predicted molar refractivity (Wildman–Crippen MR) is 269 cm³/mol. The van der Waals surface area contributed by atoms with Crippen LogP contribution in [0.25, 0.3) is 22.3 Å². The highest BCUT2D eigenvalue weighted by Gasteiger charge is 2.28. The number of fused-ring (bicyclic) bond motifs is 2. The molecule has 2 fully saturated rings. The molecule has 2 N–H and O–H groups in total. The first-order valence-corrected chi connectivity index (χ1v) is 24.6. The quantitative estimate of drug-likeness (QED) is 0.0726. The normalized spacial score (nSPS) is 18.1. The number of hydrogen-bond acceptors (Lipinski definition) is 9. The molecule has 360 valence electrons. The molecule has 2 saturated heterocycles. The van der Waals surface area contributed by atoms with Gasteiger partial charge in [-0.15, -0.1) is 0 Å². The van der Waals surface area contributed by atoms with Crippen molar-refractivity contribution in [2.24, 2.45) is 0 Å². The van der Waals surface area contributed by atoms with Gasteiger partial charge in [0.05, 0.1) is 13.3 Å². The van der Waals surface area contributed by atoms with Crippen LogP contribution in [0.3, 0.4) is 0 Å². The van der Waals surface area contributed by atoms with Crippen LogP contribution in [0.2, 0.25) is 0 Å². The summed E-state index contributed by atoms with van der Waals surface area (Å²) in [4.78, 5) is 18.3. The summed E-state index contributed by atoms with van der Waals surface area (Å²) < 4.78 is 50.3. The van der Waals surface area contributed by atoms with Crippen LogP contribution in [0.1, 0.15) is 83.0 Å². The van der Waals surface area contributed by atoms with Crippen LogP contribution < -0.4 is 18.9 Å². The molecule has 0 radical (unpaired) electrons. The molecule has 11 heteroatoms. The number of hydrogen-bond donors (Lipinski definition) is 2. The third-order valence-corrected chi connectivity index (χ3v) is 14.0. The molecule has 0 amide bonds. The number of ether oxygens (including phenoxy) is 4. The van der Waals surface area contributed by atoms with E-state index in [-0.39, 0.29) is 37.1 Å². The molecular weight excluding hydrogens is 887 g/mol. The number of phenolic OH excluding ortho intramolecular Hbond substituents is 2. The van der Waals surface area contributed by atoms with Gasteiger partial charge in [-0.1, -0.05) is 60.7 Å². The van der Waals surface area contributed by atoms with Gasteiger partial charge in [0, 0.05) is 39.3 Å². The van der Waals surface area contributed by atoms with Crippen molar-refractivity contribution in [3.05, 3.63) is 178 Å². The van der Waals surface area contributed by atoms with Crippen molar-refractivity contribution in [3.63, 3.8) is 0 Å². The first-order chi connectivity index (χ1) is 34.3. The molecule has 0 saturated carbocycles. The number of nitrogens with zero attached hydrogens (tertiary/aromatic N) is 2. The number of benzene rings is 6. The van der Waals surface area contributed by atoms with Gasteiger partial charge in [-0.2, -0.15) is 0 Å². The Balaban J connectivity index is 0.896. The Labute approximate surface area is 408 Å². The SMILES string of the molecule is O=C(Oc1ccc2c(c1)C(c1ccc(OC3CCN(CCCF)C3)cc1)=C(c1ccc(O)cc1)CC2)Oc1ccc2c(c1)C(c1ccc(OC3CCN(CCCF)C3)cc1)=C(c1ccc(O)cc1)CC2. The zero-order valence-corrected chi connectivity index (χ0v) is 39.3. The number of aryl methyl sites for hydroxylation is 2. The number of carbonyl (C=O) groups is 1. The maximum atomic E-state index is 13.8. The van der Waals surface area contributed by atoms with E-state index in [0.717, 1.165) is 156 Å². The average molecular weight is 945 g/mol. The fourth-order valence-electron chi connectivity index (χ4n) is 10.6. The third-order valence-electron chi connectivity index (χ3n) is 14.0. The number of halogens is 2. The van der Waals surface area contributed by atoms with E-state index in [0.29, 0.717) is 24.3 Å². The molecule has 70 heavy (non-hydrogen) atoms. The van der Waals surface area contributed by atoms with Crippen LogP contribution in [0.5, 0.6) is 34.5 Å². The van der Waals surface area contributed by atoms with E-state index in [2.05, 4.69) is 34.1 Å². The highest BCUT2D eigenvalue weighted by molar-refractivity contribution is 6.02. The van der Waals surface area contributed by atoms with Gasteiger partial charge in [0.1, 0.15) is 46.7 Å². The van der Waals surface area contributed by atoms with Gasteiger partial charge in [0.15, 0.2) is 0 Å². The number of phenols is 2. The molecule has 0 bridgehead atoms. The van der Waals surface area contributed by atoms with Crippen molar-refractivity contribution >= 4 is 28.4 Å². The number of allylic oxidation sites excluding steroid dienone is 2. The summed E-state index contributed by atoms with van der Waals surface area (Å²) in [5, 5.41) is 20.3. The zero-order chi connectivity index (χ0) is 48.0. The Hall–Kier alpha value is -6.95. The fraction of sp³-hybridized carbons (Fsp3) is 0.305. The molecule has 4 aliphatic rings. The molecule has 2 heterocycles. The van der Waals surface area contributed by atoms with Crippen molar-refractivity contribution in [1.29, 1.82) is 0 Å². The molecular formula is C59H58F2N2O7. The van der Waals surface area contributed by atoms with Gasteiger partial charge in [-0.3, -0.25) is 18.6 Å². The monoisotopic (exact) mass is 944 g/mol. The second-order valence-electron chi connectivity index (χ2n) is 18.7. The Bertz CT molecular complexity index is 2670. The summed E-state index contributed by atoms with van der Waals surface area (Å²) in [7, 11) is 0. The molecule has 2 atom stereocenters. The molecule has 2 aliphatic carbocycles. The Kier molecular flexibility index (Phi) is 14.3. The molecule has 6 aromatic rings. The van der Waals surface area contributed by atoms with Crippen LogP contribution in [0.15, 0.2) is 133 Å². The highest BCUT2D eigenvalue weighted by atomic mass is 19.1. The molecule has 9 nitrogen and oxygen atoms in total. The number of rotatable bonds is 16. The lowest BCUT2D eigenvalue weighted by molar-refractivity contribution is 0.152. The van der Waals surface area contributed by atoms with Crippen LogP contribution in [0.4, 0.5) is 13.6 Å². The van der Waals surface area contributed by atoms with Gasteiger partial charge in [0.25, 0.3) is 0 Å². The first kappa shape index (κ1) is 46.8. The molecule has 10 rings (SSSR count). The van der Waals surface area contributed by atoms with Gasteiger partial charge in [-0.25, -0.2) is 4.79 Å². The summed E-state index contributed by atoms with van der Waals surface area (Å²) in [6.07, 6.45) is 5.18. The van der Waals surface area contributed by atoms with E-state index in [9.17, 15) is 23.8 Å². The summed E-state index contributed by atoms with van der Waals surface area (Å²) in [5.74, 6) is 2.60. The number of alkyl halides is 2. The van der Waals surface area contributed by atoms with Gasteiger partial charge in [-0.05, 0) is 191 Å². The lowest BCUT2D eigenvalue weighted by Crippen LogP contribution is -2.26. The predicted octanol–water partition coefficient (Wildman–Crippen LogP) is 12.1. The molecule has 6 aromatic carbocycles. The average Bonchev–Trinajstić information content (AvgIpc) is 4.04. The summed E-state index contributed by atoms with van der Waals surface area (Å²) >= 11 is 0. The van der Waals surface area contributed by atoms with E-state index >= 15 is 0 Å². The minimum absolute atomic E-state index is 0.0448. The van der Waals surface area contributed by atoms with E-state index in [1.54, 1.807) is 36.4 Å². The van der Waals surface area contributed by atoms with E-state index in [4.69, 9.17) is 18.9 Å². The maximum absolute atomic E-state index is 13.8. The Morgan fingerprint density at radius 1 is 0.500 bits per heavy atom. The minimum atomic E-state index is -0.867. The van der Waals surface area contributed by atoms with Gasteiger partial charge < -0.3 is 29.2 Å². The zero-order valence-electron chi connectivity index (χ0n) is 39.3. The highest BCUT2D eigenvalue weighted by Crippen LogP contribution is 2.45. The number of aromatic hydroxyl groups is 2. The minimum Gasteiger partial charge on any atom is -0.508 e. The smallest absolute Gasteiger partial charge is 0.508 e. The molecule has 0 spiro atoms. The third kappa shape index (κ3) is 10.8. The van der Waals surface area contributed by atoms with Crippen molar-refractivity contribution in [1.82, 2.24) is 9.80 Å². The summed E-state index contributed by atoms with van der Waals surface area (Å²) in [6.45, 7) is 4.20. The van der Waals surface area contributed by atoms with E-state index in [1.165, 1.54) is 0 Å². The maximum Gasteiger partial charge on any atom is 0.519 e. The van der Waals surface area contributed by atoms with Crippen molar-refractivity contribution < 1.29 is 42.7 Å². The van der Waals surface area contributed by atoms with Crippen molar-refractivity contribution in [2.75, 3.05) is 52.6 Å². The van der Waals surface area contributed by atoms with Crippen LogP contribution in [-0.4, -0.2) is 91.0 Å². The second-order valence-corrected chi connectivity index (χ2v) is 18.7. The lowest BCUT2D eigenvalue weighted by atomic mass is 9.79. The van der Waals surface area contributed by atoms with E-state index in [1.807, 2.05) is 72.8 Å². The van der Waals surface area contributed by atoms with Gasteiger partial charge >= 0.3 is 6.16 Å². The largest absolute Gasteiger partial charge is 0.519 e. The molecule has 2 unspecified atom stereocenters. The topological polar surface area (TPSA) is 101 Å². The summed E-state index contributed by atoms with van der Waals surface area (Å²) in [6, 6.07) is 42.2. The van der Waals surface area contributed by atoms with Gasteiger partial charge in [0.2, 0.25) is 0 Å². The van der Waals surface area contributed by atoms with Crippen LogP contribution in [-0.2, 0) is 12.8 Å². The lowest BCUT2D eigenvalue weighted by Gasteiger charge is -2.26. The standard InChI is InChI=1S/C59H58F2N2O7/c60-29-1-31-62-33-27-51(37-62)67-47-19-9-43(10-20-47)57-53(39-3-15-45(64)16-4-39)25-13-41-7-23-49(35-55(41)57)69-59(66)70-50-24-8-42-14-26-54(40-5-17-46(65)18-6-40)58(56(42)36-50)44-11-21-48(22-12-44)68-52-28-34-63(38-52)32-2-30-61/h3-12,15-24,35-36,51-52,64-65H,1-2,13-14,25-34,37-38H2. The second kappa shape index (κ2) is 21.4. The number of carbonyl (C=O) groups excluding carboxylic acids is 1. The first-order valence-electron chi connectivity index (χ1n) is 24.6.